The smallest absolute Gasteiger partial charge is 0.275 e. The monoisotopic (exact) mass is 380 g/mol. The van der Waals surface area contributed by atoms with Crippen molar-refractivity contribution in [1.29, 1.82) is 0 Å². The van der Waals surface area contributed by atoms with Crippen LogP contribution in [0.1, 0.15) is 18.4 Å². The van der Waals surface area contributed by atoms with Crippen molar-refractivity contribution in [3.05, 3.63) is 59.9 Å². The van der Waals surface area contributed by atoms with Gasteiger partial charge in [0.2, 0.25) is 11.8 Å². The van der Waals surface area contributed by atoms with E-state index in [4.69, 9.17) is 0 Å². The first-order valence-electron chi connectivity index (χ1n) is 8.84. The molecular formula is C20H17FN4O3. The fraction of sp³-hybridized carbons (Fsp3) is 0.200. The summed E-state index contributed by atoms with van der Waals surface area (Å²) in [5.74, 6) is -1.27. The molecule has 8 heteroatoms. The van der Waals surface area contributed by atoms with Gasteiger partial charge < -0.3 is 5.32 Å². The Labute approximate surface area is 160 Å². The van der Waals surface area contributed by atoms with Crippen molar-refractivity contribution in [2.75, 3.05) is 16.8 Å². The van der Waals surface area contributed by atoms with E-state index in [0.717, 1.165) is 0 Å². The number of benzene rings is 2. The van der Waals surface area contributed by atoms with Gasteiger partial charge in [0.15, 0.2) is 0 Å². The molecule has 0 saturated heterocycles. The number of carbonyl (C=O) groups excluding carboxylic acids is 3. The van der Waals surface area contributed by atoms with Crippen LogP contribution < -0.4 is 10.2 Å². The van der Waals surface area contributed by atoms with Crippen molar-refractivity contribution >= 4 is 34.8 Å². The van der Waals surface area contributed by atoms with Gasteiger partial charge in [-0.25, -0.2) is 9.40 Å². The van der Waals surface area contributed by atoms with Crippen LogP contribution >= 0.6 is 0 Å². The maximum atomic E-state index is 13.1. The number of hydrogen-bond acceptors (Lipinski definition) is 4. The summed E-state index contributed by atoms with van der Waals surface area (Å²) in [7, 11) is 0. The lowest BCUT2D eigenvalue weighted by atomic mass is 10.1. The molecule has 0 radical (unpaired) electrons. The third-order valence-electron chi connectivity index (χ3n) is 4.61. The summed E-state index contributed by atoms with van der Waals surface area (Å²) in [4.78, 5) is 38.6. The molecule has 0 aromatic heterocycles. The van der Waals surface area contributed by atoms with Crippen LogP contribution in [0.15, 0.2) is 53.6 Å². The van der Waals surface area contributed by atoms with Crippen molar-refractivity contribution < 1.29 is 18.8 Å². The number of hydrazone groups is 1. The van der Waals surface area contributed by atoms with E-state index in [-0.39, 0.29) is 49.3 Å². The Balaban J connectivity index is 1.59. The lowest BCUT2D eigenvalue weighted by molar-refractivity contribution is -0.132. The highest BCUT2D eigenvalue weighted by atomic mass is 19.1. The number of para-hydroxylation sites is 2. The van der Waals surface area contributed by atoms with Gasteiger partial charge in [0.25, 0.3) is 5.91 Å². The minimum Gasteiger partial charge on any atom is -0.323 e. The quantitative estimate of drug-likeness (QED) is 0.887. The lowest BCUT2D eigenvalue weighted by Crippen LogP contribution is -2.47. The molecule has 0 saturated carbocycles. The van der Waals surface area contributed by atoms with Gasteiger partial charge in [-0.05, 0) is 29.8 Å². The molecule has 2 aliphatic rings. The number of nitrogens with zero attached hydrogens (tertiary/aromatic N) is 3. The van der Waals surface area contributed by atoms with Crippen molar-refractivity contribution in [3.63, 3.8) is 0 Å². The summed E-state index contributed by atoms with van der Waals surface area (Å²) in [6, 6.07) is 12.8. The summed E-state index contributed by atoms with van der Waals surface area (Å²) >= 11 is 0. The zero-order valence-corrected chi connectivity index (χ0v) is 14.9. The zero-order chi connectivity index (χ0) is 19.7. The van der Waals surface area contributed by atoms with Crippen LogP contribution in [-0.2, 0) is 20.9 Å². The van der Waals surface area contributed by atoms with E-state index in [1.807, 2.05) is 0 Å². The summed E-state index contributed by atoms with van der Waals surface area (Å²) in [5, 5.41) is 8.19. The lowest BCUT2D eigenvalue weighted by Gasteiger charge is -2.31. The van der Waals surface area contributed by atoms with Crippen molar-refractivity contribution in [3.8, 4) is 0 Å². The fourth-order valence-corrected chi connectivity index (χ4v) is 3.21. The Morgan fingerprint density at radius 1 is 1.07 bits per heavy atom. The van der Waals surface area contributed by atoms with Crippen LogP contribution in [0.2, 0.25) is 0 Å². The summed E-state index contributed by atoms with van der Waals surface area (Å²) < 4.78 is 13.1. The Morgan fingerprint density at radius 3 is 2.61 bits per heavy atom. The Morgan fingerprint density at radius 2 is 1.82 bits per heavy atom. The van der Waals surface area contributed by atoms with Gasteiger partial charge in [0.1, 0.15) is 18.1 Å². The molecule has 0 spiro atoms. The molecule has 142 valence electrons. The fourth-order valence-electron chi connectivity index (χ4n) is 3.21. The van der Waals surface area contributed by atoms with Crippen LogP contribution in [0.25, 0.3) is 0 Å². The average molecular weight is 380 g/mol. The third kappa shape index (κ3) is 3.48. The topological polar surface area (TPSA) is 82.1 Å². The highest BCUT2D eigenvalue weighted by Gasteiger charge is 2.32. The van der Waals surface area contributed by atoms with Gasteiger partial charge in [0, 0.05) is 12.8 Å². The van der Waals surface area contributed by atoms with E-state index >= 15 is 0 Å². The highest BCUT2D eigenvalue weighted by Crippen LogP contribution is 2.29. The zero-order valence-electron chi connectivity index (χ0n) is 14.9. The third-order valence-corrected chi connectivity index (χ3v) is 4.61. The first kappa shape index (κ1) is 17.8. The molecule has 1 N–H and O–H groups in total. The second-order valence-corrected chi connectivity index (χ2v) is 6.58. The normalized spacial score (nSPS) is 16.4. The maximum Gasteiger partial charge on any atom is 0.275 e. The number of nitrogens with one attached hydrogen (secondary N) is 1. The molecule has 7 nitrogen and oxygen atoms in total. The van der Waals surface area contributed by atoms with E-state index in [1.54, 1.807) is 36.4 Å². The average Bonchev–Trinajstić information content (AvgIpc) is 2.70. The van der Waals surface area contributed by atoms with Gasteiger partial charge >= 0.3 is 0 Å². The predicted octanol–water partition coefficient (Wildman–Crippen LogP) is 2.29. The largest absolute Gasteiger partial charge is 0.323 e. The first-order chi connectivity index (χ1) is 13.5. The first-order valence-corrected chi connectivity index (χ1v) is 8.84. The molecule has 4 rings (SSSR count). The van der Waals surface area contributed by atoms with E-state index < -0.39 is 5.91 Å². The SMILES string of the molecule is O=C1CN(C(=O)C2=NN(Cc3ccc(F)cc3)C(=O)CC2)c2ccccc2N1. The van der Waals surface area contributed by atoms with Crippen molar-refractivity contribution in [2.45, 2.75) is 19.4 Å². The molecule has 2 aliphatic heterocycles. The van der Waals surface area contributed by atoms with E-state index in [0.29, 0.717) is 16.9 Å². The van der Waals surface area contributed by atoms with E-state index in [2.05, 4.69) is 10.4 Å². The van der Waals surface area contributed by atoms with Crippen LogP contribution in [0, 0.1) is 5.82 Å². The second kappa shape index (κ2) is 7.22. The molecule has 2 aromatic rings. The van der Waals surface area contributed by atoms with Crippen molar-refractivity contribution in [2.24, 2.45) is 5.10 Å². The number of rotatable bonds is 3. The number of halogens is 1. The van der Waals surface area contributed by atoms with Crippen LogP contribution in [0.3, 0.4) is 0 Å². The predicted molar refractivity (Wildman–Crippen MR) is 101 cm³/mol. The molecular weight excluding hydrogens is 363 g/mol. The van der Waals surface area contributed by atoms with Gasteiger partial charge in [-0.2, -0.15) is 5.10 Å². The molecule has 0 bridgehead atoms. The molecule has 3 amide bonds. The minimum absolute atomic E-state index is 0.110. The van der Waals surface area contributed by atoms with Gasteiger partial charge in [-0.15, -0.1) is 0 Å². The molecule has 28 heavy (non-hydrogen) atoms. The van der Waals surface area contributed by atoms with Crippen LogP contribution in [0.4, 0.5) is 15.8 Å². The van der Waals surface area contributed by atoms with Crippen LogP contribution in [-0.4, -0.2) is 35.0 Å². The Hall–Kier alpha value is -3.55. The van der Waals surface area contributed by atoms with Gasteiger partial charge in [-0.3, -0.25) is 19.3 Å². The summed E-state index contributed by atoms with van der Waals surface area (Å²) in [6.45, 7) is 0.0355. The second-order valence-electron chi connectivity index (χ2n) is 6.58. The van der Waals surface area contributed by atoms with Gasteiger partial charge in [0.05, 0.1) is 17.9 Å². The number of hydrogen-bond donors (Lipinski definition) is 1. The Kier molecular flexibility index (Phi) is 4.60. The Bertz CT molecular complexity index is 987. The summed E-state index contributed by atoms with van der Waals surface area (Å²) in [5.41, 5.74) is 2.07. The van der Waals surface area contributed by atoms with E-state index in [1.165, 1.54) is 22.0 Å². The standard InChI is InChI=1S/C20H17FN4O3/c21-14-7-5-13(6-8-14)11-25-19(27)10-9-16(23-25)20(28)24-12-18(26)22-15-3-1-2-4-17(15)24/h1-8H,9-12H2,(H,22,26). The maximum absolute atomic E-state index is 13.1. The number of carbonyl (C=O) groups is 3. The van der Waals surface area contributed by atoms with E-state index in [9.17, 15) is 18.8 Å². The van der Waals surface area contributed by atoms with Crippen LogP contribution in [0.5, 0.6) is 0 Å². The number of fused-ring (bicyclic) bond motifs is 1. The molecule has 0 fully saturated rings. The molecule has 0 unspecified atom stereocenters. The molecule has 2 aromatic carbocycles. The number of anilines is 2. The molecule has 0 aliphatic carbocycles. The minimum atomic E-state index is -0.404. The summed E-state index contributed by atoms with van der Waals surface area (Å²) in [6.07, 6.45) is 0.353. The van der Waals surface area contributed by atoms with Crippen molar-refractivity contribution in [1.82, 2.24) is 5.01 Å². The van der Waals surface area contributed by atoms with Gasteiger partial charge in [-0.1, -0.05) is 24.3 Å². The molecule has 2 heterocycles. The number of amides is 3. The highest BCUT2D eigenvalue weighted by molar-refractivity contribution is 6.45. The molecule has 0 atom stereocenters.